The smallest absolute Gasteiger partial charge is 0.410 e. The van der Waals surface area contributed by atoms with E-state index in [4.69, 9.17) is 4.74 Å². The van der Waals surface area contributed by atoms with Gasteiger partial charge in [0, 0.05) is 64.5 Å². The second-order valence-electron chi connectivity index (χ2n) is 9.84. The number of pyridine rings is 1. The first-order chi connectivity index (χ1) is 16.3. The van der Waals surface area contributed by atoms with Crippen molar-refractivity contribution in [3.05, 3.63) is 59.9 Å². The van der Waals surface area contributed by atoms with Crippen molar-refractivity contribution in [2.75, 3.05) is 32.7 Å². The van der Waals surface area contributed by atoms with E-state index < -0.39 is 0 Å². The van der Waals surface area contributed by atoms with Crippen LogP contribution in [0.3, 0.4) is 0 Å². The zero-order chi connectivity index (χ0) is 24.1. The fourth-order valence-electron chi connectivity index (χ4n) is 4.43. The van der Waals surface area contributed by atoms with Crippen LogP contribution in [-0.2, 0) is 22.6 Å². The van der Waals surface area contributed by atoms with Crippen LogP contribution >= 0.6 is 0 Å². The molecule has 3 amide bonds. The maximum absolute atomic E-state index is 12.6. The molecule has 2 fully saturated rings. The highest BCUT2D eigenvalue weighted by atomic mass is 16.6. The van der Waals surface area contributed by atoms with Crippen molar-refractivity contribution >= 4 is 17.9 Å². The Bertz CT molecular complexity index is 995. The molecule has 34 heavy (non-hydrogen) atoms. The summed E-state index contributed by atoms with van der Waals surface area (Å²) < 4.78 is 5.55. The molecule has 0 unspecified atom stereocenters. The van der Waals surface area contributed by atoms with E-state index in [1.54, 1.807) is 23.2 Å². The number of hydrogen-bond acceptors (Lipinski definition) is 6. The first-order valence-electron chi connectivity index (χ1n) is 11.8. The lowest BCUT2D eigenvalue weighted by molar-refractivity contribution is -0.152. The fourth-order valence-corrected chi connectivity index (χ4v) is 4.43. The van der Waals surface area contributed by atoms with Gasteiger partial charge in [-0.25, -0.2) is 4.79 Å². The SMILES string of the molecule is CC1(C)CC(=O)N(CCc2ccc(OC(=O)N3CCN(Cc4cccnc4)CC3)cc2)C(=O)C1. The summed E-state index contributed by atoms with van der Waals surface area (Å²) in [4.78, 5) is 46.7. The van der Waals surface area contributed by atoms with Crippen molar-refractivity contribution in [2.45, 2.75) is 39.7 Å². The Kier molecular flexibility index (Phi) is 7.26. The van der Waals surface area contributed by atoms with E-state index >= 15 is 0 Å². The summed E-state index contributed by atoms with van der Waals surface area (Å²) in [6, 6.07) is 11.3. The second-order valence-corrected chi connectivity index (χ2v) is 9.84. The number of benzene rings is 1. The number of aromatic nitrogens is 1. The maximum Gasteiger partial charge on any atom is 0.415 e. The number of amides is 3. The Labute approximate surface area is 200 Å². The highest BCUT2D eigenvalue weighted by molar-refractivity contribution is 5.98. The number of carbonyl (C=O) groups is 3. The van der Waals surface area contributed by atoms with Crippen molar-refractivity contribution in [1.29, 1.82) is 0 Å². The zero-order valence-electron chi connectivity index (χ0n) is 19.9. The third-order valence-corrected chi connectivity index (χ3v) is 6.37. The summed E-state index contributed by atoms with van der Waals surface area (Å²) in [6.07, 6.45) is 4.65. The van der Waals surface area contributed by atoms with Crippen molar-refractivity contribution in [3.63, 3.8) is 0 Å². The molecule has 0 saturated carbocycles. The van der Waals surface area contributed by atoms with Crippen LogP contribution in [0.15, 0.2) is 48.8 Å². The molecule has 0 radical (unpaired) electrons. The molecule has 8 heteroatoms. The van der Waals surface area contributed by atoms with Gasteiger partial charge in [-0.1, -0.05) is 32.0 Å². The molecule has 2 aliphatic heterocycles. The van der Waals surface area contributed by atoms with Gasteiger partial charge in [-0.3, -0.25) is 24.4 Å². The molecule has 2 saturated heterocycles. The van der Waals surface area contributed by atoms with Gasteiger partial charge in [0.15, 0.2) is 0 Å². The molecule has 180 valence electrons. The molecule has 0 bridgehead atoms. The van der Waals surface area contributed by atoms with Gasteiger partial charge in [-0.2, -0.15) is 0 Å². The summed E-state index contributed by atoms with van der Waals surface area (Å²) >= 11 is 0. The molecule has 1 aromatic carbocycles. The van der Waals surface area contributed by atoms with Crippen molar-refractivity contribution in [3.8, 4) is 5.75 Å². The predicted molar refractivity (Wildman–Crippen MR) is 127 cm³/mol. The monoisotopic (exact) mass is 464 g/mol. The van der Waals surface area contributed by atoms with E-state index in [-0.39, 0.29) is 23.3 Å². The van der Waals surface area contributed by atoms with Crippen LogP contribution < -0.4 is 4.74 Å². The van der Waals surface area contributed by atoms with Crippen molar-refractivity contribution in [2.24, 2.45) is 5.41 Å². The van der Waals surface area contributed by atoms with Crippen LogP contribution in [0.5, 0.6) is 5.75 Å². The maximum atomic E-state index is 12.6. The van der Waals surface area contributed by atoms with Gasteiger partial charge in [0.1, 0.15) is 5.75 Å². The number of imide groups is 1. The number of nitrogens with zero attached hydrogens (tertiary/aromatic N) is 4. The Morgan fingerprint density at radius 3 is 2.26 bits per heavy atom. The molecule has 2 aromatic rings. The average Bonchev–Trinajstić information content (AvgIpc) is 2.80. The van der Waals surface area contributed by atoms with Gasteiger partial charge >= 0.3 is 6.09 Å². The van der Waals surface area contributed by atoms with E-state index in [2.05, 4.69) is 16.0 Å². The largest absolute Gasteiger partial charge is 0.415 e. The standard InChI is InChI=1S/C26H32N4O4/c1-26(2)16-23(31)30(24(32)17-26)11-9-20-5-7-22(8-6-20)34-25(33)29-14-12-28(13-15-29)19-21-4-3-10-27-18-21/h3-8,10,18H,9,11-17,19H2,1-2H3. The summed E-state index contributed by atoms with van der Waals surface area (Å²) in [5, 5.41) is 0. The van der Waals surface area contributed by atoms with Gasteiger partial charge in [0.2, 0.25) is 11.8 Å². The van der Waals surface area contributed by atoms with Crippen LogP contribution in [0.2, 0.25) is 0 Å². The summed E-state index contributed by atoms with van der Waals surface area (Å²) in [6.45, 7) is 7.89. The molecule has 8 nitrogen and oxygen atoms in total. The predicted octanol–water partition coefficient (Wildman–Crippen LogP) is 3.12. The number of carbonyl (C=O) groups excluding carboxylic acids is 3. The average molecular weight is 465 g/mol. The number of piperidine rings is 1. The Morgan fingerprint density at radius 1 is 0.971 bits per heavy atom. The molecule has 0 aliphatic carbocycles. The molecular weight excluding hydrogens is 432 g/mol. The third kappa shape index (κ3) is 6.20. The van der Waals surface area contributed by atoms with E-state index in [9.17, 15) is 14.4 Å². The van der Waals surface area contributed by atoms with Crippen LogP contribution in [0.25, 0.3) is 0 Å². The molecular formula is C26H32N4O4. The Morgan fingerprint density at radius 2 is 1.65 bits per heavy atom. The van der Waals surface area contributed by atoms with Crippen molar-refractivity contribution in [1.82, 2.24) is 19.7 Å². The van der Waals surface area contributed by atoms with Crippen LogP contribution in [0, 0.1) is 5.41 Å². The van der Waals surface area contributed by atoms with Crippen LogP contribution in [-0.4, -0.2) is 70.3 Å². The Balaban J connectivity index is 1.22. The first-order valence-corrected chi connectivity index (χ1v) is 11.8. The quantitative estimate of drug-likeness (QED) is 0.611. The van der Waals surface area contributed by atoms with Crippen LogP contribution in [0.1, 0.15) is 37.8 Å². The van der Waals surface area contributed by atoms with Crippen LogP contribution in [0.4, 0.5) is 4.79 Å². The first kappa shape index (κ1) is 23.9. The Hall–Kier alpha value is -3.26. The van der Waals surface area contributed by atoms with Gasteiger partial charge < -0.3 is 9.64 Å². The summed E-state index contributed by atoms with van der Waals surface area (Å²) in [5.74, 6) is 0.276. The second kappa shape index (κ2) is 10.3. The normalized spacial score (nSPS) is 18.8. The van der Waals surface area contributed by atoms with E-state index in [0.29, 0.717) is 44.6 Å². The van der Waals surface area contributed by atoms with Gasteiger partial charge in [0.05, 0.1) is 0 Å². The number of hydrogen-bond donors (Lipinski definition) is 0. The lowest BCUT2D eigenvalue weighted by Crippen LogP contribution is -2.49. The lowest BCUT2D eigenvalue weighted by atomic mass is 9.81. The molecule has 2 aliphatic rings. The van der Waals surface area contributed by atoms with Gasteiger partial charge in [-0.15, -0.1) is 0 Å². The molecule has 0 atom stereocenters. The molecule has 4 rings (SSSR count). The zero-order valence-corrected chi connectivity index (χ0v) is 19.9. The minimum atomic E-state index is -0.346. The number of rotatable bonds is 6. The minimum absolute atomic E-state index is 0.104. The van der Waals surface area contributed by atoms with Crippen molar-refractivity contribution < 1.29 is 19.1 Å². The van der Waals surface area contributed by atoms with Gasteiger partial charge in [0.25, 0.3) is 0 Å². The summed E-state index contributed by atoms with van der Waals surface area (Å²) in [5.41, 5.74) is 1.88. The number of ether oxygens (including phenoxy) is 1. The summed E-state index contributed by atoms with van der Waals surface area (Å²) in [7, 11) is 0. The molecule has 0 spiro atoms. The topological polar surface area (TPSA) is 83.1 Å². The lowest BCUT2D eigenvalue weighted by Gasteiger charge is -2.34. The number of piperazine rings is 1. The highest BCUT2D eigenvalue weighted by Crippen LogP contribution is 2.31. The molecule has 0 N–H and O–H groups in total. The third-order valence-electron chi connectivity index (χ3n) is 6.37. The van der Waals surface area contributed by atoms with E-state index in [1.807, 2.05) is 38.2 Å². The minimum Gasteiger partial charge on any atom is -0.410 e. The van der Waals surface area contributed by atoms with Gasteiger partial charge in [-0.05, 0) is 41.2 Å². The van der Waals surface area contributed by atoms with E-state index in [1.165, 1.54) is 4.90 Å². The molecule has 3 heterocycles. The highest BCUT2D eigenvalue weighted by Gasteiger charge is 2.37. The molecule has 1 aromatic heterocycles. The van der Waals surface area contributed by atoms with E-state index in [0.717, 1.165) is 30.8 Å². The number of likely N-dealkylation sites (tertiary alicyclic amines) is 1. The fraction of sp³-hybridized carbons (Fsp3) is 0.462.